The van der Waals surface area contributed by atoms with Crippen molar-refractivity contribution in [2.45, 2.75) is 13.0 Å². The van der Waals surface area contributed by atoms with E-state index in [9.17, 15) is 14.0 Å². The first-order valence-corrected chi connectivity index (χ1v) is 8.12. The lowest BCUT2D eigenvalue weighted by atomic mass is 10.1. The van der Waals surface area contributed by atoms with Gasteiger partial charge in [-0.3, -0.25) is 9.59 Å². The predicted octanol–water partition coefficient (Wildman–Crippen LogP) is 2.95. The Hall–Kier alpha value is -1.96. The largest absolute Gasteiger partial charge is 0.370 e. The van der Waals surface area contributed by atoms with Crippen molar-refractivity contribution in [3.8, 4) is 0 Å². The summed E-state index contributed by atoms with van der Waals surface area (Å²) in [6.45, 7) is 0.523. The number of benzene rings is 2. The number of rotatable bonds is 6. The molecule has 6 heteroatoms. The lowest BCUT2D eigenvalue weighted by Gasteiger charge is -2.23. The van der Waals surface area contributed by atoms with Crippen LogP contribution in [0.2, 0.25) is 0 Å². The zero-order valence-electron chi connectivity index (χ0n) is 12.3. The van der Waals surface area contributed by atoms with Crippen LogP contribution in [0.25, 0.3) is 0 Å². The third kappa shape index (κ3) is 5.02. The number of nitrogens with two attached hydrogens (primary N) is 1. The Labute approximate surface area is 147 Å². The number of hydrogen-bond acceptors (Lipinski definition) is 2. The molecule has 0 bridgehead atoms. The van der Waals surface area contributed by atoms with E-state index in [0.717, 1.165) is 5.56 Å². The molecule has 0 aliphatic heterocycles. The van der Waals surface area contributed by atoms with E-state index in [1.54, 1.807) is 6.07 Å². The van der Waals surface area contributed by atoms with Gasteiger partial charge < -0.3 is 10.6 Å². The normalized spacial score (nSPS) is 10.3. The summed E-state index contributed by atoms with van der Waals surface area (Å²) in [6, 6.07) is 13.5. The second kappa shape index (κ2) is 8.05. The Morgan fingerprint density at radius 2 is 1.83 bits per heavy atom. The Balaban J connectivity index is 2.26. The summed E-state index contributed by atoms with van der Waals surface area (Å²) < 4.78 is 14.1. The lowest BCUT2D eigenvalue weighted by Crippen LogP contribution is -2.34. The molecular weight excluding hydrogens is 410 g/mol. The minimum absolute atomic E-state index is 0.0600. The van der Waals surface area contributed by atoms with Crippen LogP contribution in [0.3, 0.4) is 0 Å². The number of hydrogen-bond donors (Lipinski definition) is 1. The molecule has 2 aromatic carbocycles. The van der Waals surface area contributed by atoms with E-state index in [0.29, 0.717) is 10.1 Å². The molecule has 2 rings (SSSR count). The second-order valence-electron chi connectivity index (χ2n) is 5.05. The van der Waals surface area contributed by atoms with Crippen LogP contribution in [-0.2, 0) is 11.3 Å². The molecule has 0 radical (unpaired) electrons. The highest BCUT2D eigenvalue weighted by atomic mass is 127. The van der Waals surface area contributed by atoms with Gasteiger partial charge >= 0.3 is 0 Å². The molecule has 0 aliphatic carbocycles. The van der Waals surface area contributed by atoms with Gasteiger partial charge in [-0.2, -0.15) is 0 Å². The number of carbonyl (C=O) groups is 2. The zero-order valence-corrected chi connectivity index (χ0v) is 14.5. The molecule has 4 nitrogen and oxygen atoms in total. The first-order chi connectivity index (χ1) is 11.0. The summed E-state index contributed by atoms with van der Waals surface area (Å²) in [4.78, 5) is 25.3. The number of nitrogens with zero attached hydrogens (tertiary/aromatic N) is 1. The molecule has 120 valence electrons. The van der Waals surface area contributed by atoms with Gasteiger partial charge in [-0.25, -0.2) is 4.39 Å². The maximum atomic E-state index is 13.5. The standard InChI is InChI=1S/C17H16FIN2O2/c18-13-6-7-15(19)14(10-13)17(23)21(9-8-16(20)22)11-12-4-2-1-3-5-12/h1-7,10H,8-9,11H2,(H2,20,22). The number of primary amides is 1. The molecule has 0 fully saturated rings. The molecule has 2 amide bonds. The summed E-state index contributed by atoms with van der Waals surface area (Å²) in [5.41, 5.74) is 6.40. The van der Waals surface area contributed by atoms with Crippen LogP contribution in [0, 0.1) is 9.39 Å². The van der Waals surface area contributed by atoms with Crippen molar-refractivity contribution >= 4 is 34.4 Å². The molecule has 0 unspecified atom stereocenters. The maximum Gasteiger partial charge on any atom is 0.255 e. The summed E-state index contributed by atoms with van der Waals surface area (Å²) in [5, 5.41) is 0. The fourth-order valence-electron chi connectivity index (χ4n) is 2.13. The Morgan fingerprint density at radius 3 is 2.48 bits per heavy atom. The molecule has 0 aliphatic rings. The van der Waals surface area contributed by atoms with Crippen LogP contribution in [0.5, 0.6) is 0 Å². The summed E-state index contributed by atoms with van der Waals surface area (Å²) in [6.07, 6.45) is 0.0600. The van der Waals surface area contributed by atoms with Gasteiger partial charge in [-0.05, 0) is 46.4 Å². The summed E-state index contributed by atoms with van der Waals surface area (Å²) in [7, 11) is 0. The quantitative estimate of drug-likeness (QED) is 0.723. The van der Waals surface area contributed by atoms with E-state index < -0.39 is 11.7 Å². The van der Waals surface area contributed by atoms with Crippen LogP contribution in [0.1, 0.15) is 22.3 Å². The van der Waals surface area contributed by atoms with Crippen molar-refractivity contribution < 1.29 is 14.0 Å². The van der Waals surface area contributed by atoms with Gasteiger partial charge in [0.25, 0.3) is 5.91 Å². The van der Waals surface area contributed by atoms with E-state index in [4.69, 9.17) is 5.73 Å². The second-order valence-corrected chi connectivity index (χ2v) is 6.21. The maximum absolute atomic E-state index is 13.5. The molecule has 0 saturated carbocycles. The van der Waals surface area contributed by atoms with Crippen LogP contribution < -0.4 is 5.73 Å². The molecule has 0 spiro atoms. The fourth-order valence-corrected chi connectivity index (χ4v) is 2.70. The van der Waals surface area contributed by atoms with Gasteiger partial charge in [0.05, 0.1) is 5.56 Å². The van der Waals surface area contributed by atoms with E-state index in [2.05, 4.69) is 0 Å². The fraction of sp³-hybridized carbons (Fsp3) is 0.176. The van der Waals surface area contributed by atoms with Crippen molar-refractivity contribution in [1.82, 2.24) is 4.90 Å². The first kappa shape index (κ1) is 17.4. The molecule has 0 aromatic heterocycles. The Kier molecular flexibility index (Phi) is 6.09. The minimum Gasteiger partial charge on any atom is -0.370 e. The Bertz CT molecular complexity index is 707. The highest BCUT2D eigenvalue weighted by Gasteiger charge is 2.19. The third-order valence-electron chi connectivity index (χ3n) is 3.29. The predicted molar refractivity (Wildman–Crippen MR) is 94.1 cm³/mol. The van der Waals surface area contributed by atoms with Gasteiger partial charge in [0.15, 0.2) is 0 Å². The molecule has 2 aromatic rings. The highest BCUT2D eigenvalue weighted by molar-refractivity contribution is 14.1. The number of halogens is 2. The number of amides is 2. The average Bonchev–Trinajstić information content (AvgIpc) is 2.54. The first-order valence-electron chi connectivity index (χ1n) is 7.04. The number of carbonyl (C=O) groups excluding carboxylic acids is 2. The van der Waals surface area contributed by atoms with Crippen molar-refractivity contribution in [1.29, 1.82) is 0 Å². The van der Waals surface area contributed by atoms with Gasteiger partial charge in [0, 0.05) is 23.1 Å². The van der Waals surface area contributed by atoms with Crippen LogP contribution in [0.4, 0.5) is 4.39 Å². The van der Waals surface area contributed by atoms with E-state index in [1.807, 2.05) is 52.9 Å². The van der Waals surface area contributed by atoms with Crippen molar-refractivity contribution in [3.05, 3.63) is 69.0 Å². The minimum atomic E-state index is -0.482. The van der Waals surface area contributed by atoms with Gasteiger partial charge in [0.1, 0.15) is 5.82 Å². The summed E-state index contributed by atoms with van der Waals surface area (Å²) >= 11 is 1.99. The molecule has 2 N–H and O–H groups in total. The summed E-state index contributed by atoms with van der Waals surface area (Å²) in [5.74, 6) is -1.27. The van der Waals surface area contributed by atoms with Gasteiger partial charge in [-0.1, -0.05) is 30.3 Å². The lowest BCUT2D eigenvalue weighted by molar-refractivity contribution is -0.118. The third-order valence-corrected chi connectivity index (χ3v) is 4.23. The zero-order chi connectivity index (χ0) is 16.8. The van der Waals surface area contributed by atoms with Crippen molar-refractivity contribution in [2.75, 3.05) is 6.54 Å². The van der Waals surface area contributed by atoms with Crippen molar-refractivity contribution in [2.24, 2.45) is 5.73 Å². The van der Waals surface area contributed by atoms with Crippen molar-refractivity contribution in [3.63, 3.8) is 0 Å². The topological polar surface area (TPSA) is 63.4 Å². The highest BCUT2D eigenvalue weighted by Crippen LogP contribution is 2.18. The monoisotopic (exact) mass is 426 g/mol. The average molecular weight is 426 g/mol. The molecule has 0 heterocycles. The molecular formula is C17H16FIN2O2. The molecule has 0 saturated heterocycles. The Morgan fingerprint density at radius 1 is 1.13 bits per heavy atom. The SMILES string of the molecule is NC(=O)CCN(Cc1ccccc1)C(=O)c1cc(F)ccc1I. The van der Waals surface area contributed by atoms with Crippen LogP contribution in [0.15, 0.2) is 48.5 Å². The van der Waals surface area contributed by atoms with Gasteiger partial charge in [0.2, 0.25) is 5.91 Å². The van der Waals surface area contributed by atoms with E-state index >= 15 is 0 Å². The van der Waals surface area contributed by atoms with Crippen LogP contribution >= 0.6 is 22.6 Å². The van der Waals surface area contributed by atoms with E-state index in [1.165, 1.54) is 17.0 Å². The molecule has 0 atom stereocenters. The van der Waals surface area contributed by atoms with Gasteiger partial charge in [-0.15, -0.1) is 0 Å². The molecule has 23 heavy (non-hydrogen) atoms. The van der Waals surface area contributed by atoms with Crippen LogP contribution in [-0.4, -0.2) is 23.3 Å². The van der Waals surface area contributed by atoms with E-state index in [-0.39, 0.29) is 24.4 Å². The smallest absolute Gasteiger partial charge is 0.255 e.